The van der Waals surface area contributed by atoms with Crippen molar-refractivity contribution in [2.75, 3.05) is 13.1 Å². The van der Waals surface area contributed by atoms with Crippen molar-refractivity contribution in [2.45, 2.75) is 37.6 Å². The van der Waals surface area contributed by atoms with Gasteiger partial charge in [0.05, 0.1) is 11.4 Å². The van der Waals surface area contributed by atoms with Crippen LogP contribution in [-0.2, 0) is 6.42 Å². The van der Waals surface area contributed by atoms with E-state index in [2.05, 4.69) is 45.6 Å². The summed E-state index contributed by atoms with van der Waals surface area (Å²) in [4.78, 5) is 13.0. The Morgan fingerprint density at radius 1 is 1.16 bits per heavy atom. The molecule has 0 amide bonds. The first-order chi connectivity index (χ1) is 12.3. The van der Waals surface area contributed by atoms with E-state index in [1.165, 1.54) is 5.56 Å². The van der Waals surface area contributed by atoms with Crippen molar-refractivity contribution in [1.82, 2.24) is 20.3 Å². The minimum atomic E-state index is 0.378. The number of aromatic nitrogens is 3. The summed E-state index contributed by atoms with van der Waals surface area (Å²) in [7, 11) is 0. The fraction of sp³-hybridized carbons (Fsp3) is 0.400. The Kier molecular flexibility index (Phi) is 4.76. The fourth-order valence-electron chi connectivity index (χ4n) is 3.80. The van der Waals surface area contributed by atoms with E-state index >= 15 is 0 Å². The number of fused-ring (bicyclic) bond motifs is 1. The van der Waals surface area contributed by atoms with Gasteiger partial charge in [-0.05, 0) is 44.0 Å². The monoisotopic (exact) mass is 335 g/mol. The van der Waals surface area contributed by atoms with Gasteiger partial charge >= 0.3 is 0 Å². The predicted molar refractivity (Wildman–Crippen MR) is 99.5 cm³/mol. The Balaban J connectivity index is 1.63. The first-order valence-corrected chi connectivity index (χ1v) is 9.17. The maximum Gasteiger partial charge on any atom is 0.108 e. The first kappa shape index (κ1) is 16.2. The normalized spacial score (nSPS) is 20.8. The van der Waals surface area contributed by atoms with E-state index in [0.717, 1.165) is 55.1 Å². The lowest BCUT2D eigenvalue weighted by Gasteiger charge is -2.31. The van der Waals surface area contributed by atoms with E-state index in [0.29, 0.717) is 18.5 Å². The third-order valence-electron chi connectivity index (χ3n) is 5.09. The van der Waals surface area contributed by atoms with Crippen LogP contribution in [0.5, 0.6) is 0 Å². The van der Waals surface area contributed by atoms with Gasteiger partial charge in [0.1, 0.15) is 11.5 Å². The molecular weight excluding hydrogens is 310 g/mol. The Morgan fingerprint density at radius 2 is 2.04 bits per heavy atom. The van der Waals surface area contributed by atoms with Crippen LogP contribution in [0, 0.1) is 0 Å². The molecule has 5 heteroatoms. The van der Waals surface area contributed by atoms with Crippen LogP contribution in [0.2, 0.25) is 0 Å². The van der Waals surface area contributed by atoms with E-state index < -0.39 is 0 Å². The van der Waals surface area contributed by atoms with Gasteiger partial charge in [-0.15, -0.1) is 0 Å². The molecule has 0 aliphatic carbocycles. The van der Waals surface area contributed by atoms with Crippen molar-refractivity contribution in [3.8, 4) is 11.4 Å². The number of aryl methyl sites for hydroxylation is 1. The van der Waals surface area contributed by atoms with Crippen LogP contribution < -0.4 is 11.1 Å². The van der Waals surface area contributed by atoms with E-state index in [1.54, 1.807) is 0 Å². The number of H-pyrrole nitrogens is 1. The summed E-state index contributed by atoms with van der Waals surface area (Å²) in [5.41, 5.74) is 10.3. The molecule has 0 saturated carbocycles. The molecule has 3 aliphatic rings. The second-order valence-electron chi connectivity index (χ2n) is 6.81. The van der Waals surface area contributed by atoms with Gasteiger partial charge in [-0.1, -0.05) is 30.3 Å². The molecule has 1 aromatic rings. The van der Waals surface area contributed by atoms with Crippen molar-refractivity contribution in [2.24, 2.45) is 5.73 Å². The highest BCUT2D eigenvalue weighted by molar-refractivity contribution is 5.60. The smallest absolute Gasteiger partial charge is 0.108 e. The minimum Gasteiger partial charge on any atom is -0.342 e. The second-order valence-corrected chi connectivity index (χ2v) is 6.81. The molecule has 2 unspecified atom stereocenters. The van der Waals surface area contributed by atoms with Gasteiger partial charge in [0.25, 0.3) is 0 Å². The maximum atomic E-state index is 5.67. The molecule has 1 fully saturated rings. The quantitative estimate of drug-likeness (QED) is 0.669. The van der Waals surface area contributed by atoms with Crippen LogP contribution in [0.4, 0.5) is 0 Å². The van der Waals surface area contributed by atoms with Crippen molar-refractivity contribution >= 4 is 0 Å². The summed E-state index contributed by atoms with van der Waals surface area (Å²) in [6.45, 7) is 1.69. The zero-order valence-electron chi connectivity index (χ0n) is 14.4. The number of hydrogen-bond donors (Lipinski definition) is 3. The SMILES string of the molecule is NCCCc1nc(C2CCNC(c3ccccc3)C2)c2nccc-2[nH]1. The fourth-order valence-corrected chi connectivity index (χ4v) is 3.80. The second kappa shape index (κ2) is 7.33. The summed E-state index contributed by atoms with van der Waals surface area (Å²) in [6, 6.07) is 13.1. The van der Waals surface area contributed by atoms with Gasteiger partial charge in [0.15, 0.2) is 0 Å². The third kappa shape index (κ3) is 3.43. The number of aromatic amines is 1. The lowest BCUT2D eigenvalue weighted by molar-refractivity contribution is 0.364. The average Bonchev–Trinajstić information content (AvgIpc) is 3.15. The lowest BCUT2D eigenvalue weighted by Crippen LogP contribution is -2.31. The van der Waals surface area contributed by atoms with E-state index in [1.807, 2.05) is 12.3 Å². The first-order valence-electron chi connectivity index (χ1n) is 9.17. The topological polar surface area (TPSA) is 79.6 Å². The summed E-state index contributed by atoms with van der Waals surface area (Å²) in [5, 5.41) is 3.65. The summed E-state index contributed by atoms with van der Waals surface area (Å²) >= 11 is 0. The molecular formula is C20H25N5. The van der Waals surface area contributed by atoms with Crippen molar-refractivity contribution in [3.05, 3.63) is 59.7 Å². The van der Waals surface area contributed by atoms with E-state index in [9.17, 15) is 0 Å². The highest BCUT2D eigenvalue weighted by Crippen LogP contribution is 2.37. The molecule has 5 nitrogen and oxygen atoms in total. The number of rotatable bonds is 5. The molecule has 4 N–H and O–H groups in total. The van der Waals surface area contributed by atoms with Crippen LogP contribution >= 0.6 is 0 Å². The average molecular weight is 335 g/mol. The maximum absolute atomic E-state index is 5.67. The summed E-state index contributed by atoms with van der Waals surface area (Å²) in [6.07, 6.45) is 5.85. The number of piperidine rings is 1. The standard InChI is InChI=1S/C20H25N5/c21-10-4-7-18-24-16-9-12-23-20(16)19(25-18)15-8-11-22-17(13-15)14-5-2-1-3-6-14/h1-3,5-6,9,12,15,17,22H,4,7-8,10-11,13,21H2,(H,24,25). The van der Waals surface area contributed by atoms with Crippen LogP contribution in [0.25, 0.3) is 11.4 Å². The Labute approximate surface area is 148 Å². The van der Waals surface area contributed by atoms with E-state index in [4.69, 9.17) is 10.7 Å². The van der Waals surface area contributed by atoms with Crippen LogP contribution in [0.3, 0.4) is 0 Å². The molecule has 130 valence electrons. The number of benzene rings is 1. The largest absolute Gasteiger partial charge is 0.342 e. The zero-order valence-corrected chi connectivity index (χ0v) is 14.4. The lowest BCUT2D eigenvalue weighted by atomic mass is 9.85. The zero-order chi connectivity index (χ0) is 17.1. The van der Waals surface area contributed by atoms with Gasteiger partial charge in [-0.25, -0.2) is 4.98 Å². The van der Waals surface area contributed by atoms with Crippen molar-refractivity contribution in [1.29, 1.82) is 0 Å². The molecule has 25 heavy (non-hydrogen) atoms. The molecule has 0 radical (unpaired) electrons. The Hall–Kier alpha value is -2.24. The van der Waals surface area contributed by atoms with Gasteiger partial charge in [-0.3, -0.25) is 4.98 Å². The molecule has 2 atom stereocenters. The van der Waals surface area contributed by atoms with E-state index in [-0.39, 0.29) is 0 Å². The molecule has 4 rings (SSSR count). The van der Waals surface area contributed by atoms with Gasteiger partial charge in [-0.2, -0.15) is 0 Å². The van der Waals surface area contributed by atoms with Gasteiger partial charge < -0.3 is 16.0 Å². The highest BCUT2D eigenvalue weighted by Gasteiger charge is 2.28. The number of nitrogens with two attached hydrogens (primary N) is 1. The number of hydrogen-bond acceptors (Lipinski definition) is 4. The van der Waals surface area contributed by atoms with Gasteiger partial charge in [0, 0.05) is 24.6 Å². The minimum absolute atomic E-state index is 0.378. The van der Waals surface area contributed by atoms with Crippen LogP contribution in [0.1, 0.15) is 48.3 Å². The number of nitrogens with one attached hydrogen (secondary N) is 2. The summed E-state index contributed by atoms with van der Waals surface area (Å²) in [5.74, 6) is 1.45. The van der Waals surface area contributed by atoms with Crippen molar-refractivity contribution < 1.29 is 0 Å². The molecule has 1 saturated heterocycles. The number of nitrogens with zero attached hydrogens (tertiary/aromatic N) is 2. The highest BCUT2D eigenvalue weighted by atomic mass is 15.0. The van der Waals surface area contributed by atoms with Crippen LogP contribution in [0.15, 0.2) is 42.6 Å². The Bertz CT molecular complexity index is 782. The summed E-state index contributed by atoms with van der Waals surface area (Å²) < 4.78 is 0. The molecule has 0 bridgehead atoms. The molecule has 0 spiro atoms. The van der Waals surface area contributed by atoms with Gasteiger partial charge in [0.2, 0.25) is 0 Å². The van der Waals surface area contributed by atoms with Crippen molar-refractivity contribution in [3.63, 3.8) is 0 Å². The molecule has 0 aromatic heterocycles. The predicted octanol–water partition coefficient (Wildman–Crippen LogP) is 3.01. The molecule has 1 aromatic carbocycles. The molecule has 3 heterocycles. The molecule has 3 aliphatic heterocycles. The third-order valence-corrected chi connectivity index (χ3v) is 5.09. The van der Waals surface area contributed by atoms with Crippen LogP contribution in [-0.4, -0.2) is 28.0 Å². The Morgan fingerprint density at radius 3 is 2.88 bits per heavy atom.